The molecule has 0 fully saturated rings. The lowest BCUT2D eigenvalue weighted by molar-refractivity contribution is 1.41. The Morgan fingerprint density at radius 2 is 0.933 bits per heavy atom. The number of pyridine rings is 2. The number of rotatable bonds is 3. The van der Waals surface area contributed by atoms with Crippen LogP contribution in [0.3, 0.4) is 0 Å². The molecule has 4 heteroatoms. The lowest BCUT2D eigenvalue weighted by atomic mass is 10.1. The van der Waals surface area contributed by atoms with Gasteiger partial charge >= 0.3 is 0 Å². The molecule has 142 valence electrons. The minimum absolute atomic E-state index is 1.03. The third-order valence-corrected chi connectivity index (χ3v) is 7.69. The van der Waals surface area contributed by atoms with Crippen molar-refractivity contribution in [2.24, 2.45) is 0 Å². The Bertz CT molecular complexity index is 1390. The zero-order valence-electron chi connectivity index (χ0n) is 15.9. The smallest absolute Gasteiger partial charge is 0.0702 e. The molecule has 4 heterocycles. The van der Waals surface area contributed by atoms with Gasteiger partial charge in [0.05, 0.1) is 11.0 Å². The number of aromatic nitrogens is 2. The maximum absolute atomic E-state index is 4.42. The lowest BCUT2D eigenvalue weighted by Crippen LogP contribution is -1.78. The maximum atomic E-state index is 4.42. The fourth-order valence-electron chi connectivity index (χ4n) is 3.71. The summed E-state index contributed by atoms with van der Waals surface area (Å²) in [6.07, 6.45) is 3.68. The minimum Gasteiger partial charge on any atom is -0.256 e. The molecule has 0 aliphatic heterocycles. The third kappa shape index (κ3) is 3.11. The van der Waals surface area contributed by atoms with Gasteiger partial charge in [0.2, 0.25) is 0 Å². The van der Waals surface area contributed by atoms with Crippen LogP contribution in [-0.4, -0.2) is 9.97 Å². The van der Waals surface area contributed by atoms with Crippen LogP contribution in [0.5, 0.6) is 0 Å². The van der Waals surface area contributed by atoms with Crippen molar-refractivity contribution < 1.29 is 0 Å². The zero-order valence-corrected chi connectivity index (χ0v) is 17.6. The highest BCUT2D eigenvalue weighted by atomic mass is 32.1. The van der Waals surface area contributed by atoms with E-state index >= 15 is 0 Å². The maximum Gasteiger partial charge on any atom is 0.0702 e. The van der Waals surface area contributed by atoms with E-state index in [9.17, 15) is 0 Å². The number of nitrogens with zero attached hydrogens (tertiary/aromatic N) is 2. The van der Waals surface area contributed by atoms with Gasteiger partial charge < -0.3 is 0 Å². The van der Waals surface area contributed by atoms with Crippen molar-refractivity contribution in [3.05, 3.63) is 97.3 Å². The summed E-state index contributed by atoms with van der Waals surface area (Å²) in [4.78, 5) is 14.0. The largest absolute Gasteiger partial charge is 0.256 e. The summed E-state index contributed by atoms with van der Waals surface area (Å²) in [5, 5.41) is 2.35. The quantitative estimate of drug-likeness (QED) is 0.291. The second-order valence-corrected chi connectivity index (χ2v) is 9.32. The van der Waals surface area contributed by atoms with Crippen LogP contribution in [0, 0.1) is 0 Å². The van der Waals surface area contributed by atoms with Crippen molar-refractivity contribution in [2.45, 2.75) is 0 Å². The Morgan fingerprint density at radius 1 is 0.467 bits per heavy atom. The van der Waals surface area contributed by atoms with Crippen molar-refractivity contribution in [3.63, 3.8) is 0 Å². The van der Waals surface area contributed by atoms with Gasteiger partial charge in [-0.25, -0.2) is 0 Å². The Labute approximate surface area is 182 Å². The van der Waals surface area contributed by atoms with Crippen LogP contribution in [-0.2, 0) is 0 Å². The van der Waals surface area contributed by atoms with Crippen molar-refractivity contribution in [2.75, 3.05) is 0 Å². The van der Waals surface area contributed by atoms with E-state index in [4.69, 9.17) is 0 Å². The van der Waals surface area contributed by atoms with E-state index in [-0.39, 0.29) is 0 Å². The molecule has 30 heavy (non-hydrogen) atoms. The van der Waals surface area contributed by atoms with E-state index in [1.165, 1.54) is 41.4 Å². The Morgan fingerprint density at radius 3 is 1.43 bits per heavy atom. The number of hydrogen-bond donors (Lipinski definition) is 0. The summed E-state index contributed by atoms with van der Waals surface area (Å²) in [6, 6.07) is 30.1. The molecule has 2 nitrogen and oxygen atoms in total. The van der Waals surface area contributed by atoms with Crippen molar-refractivity contribution in [3.8, 4) is 30.6 Å². The van der Waals surface area contributed by atoms with Gasteiger partial charge in [0.25, 0.3) is 0 Å². The molecule has 0 saturated heterocycles. The van der Waals surface area contributed by atoms with Gasteiger partial charge in [0, 0.05) is 42.7 Å². The molecule has 0 radical (unpaired) electrons. The average molecular weight is 421 g/mol. The summed E-state index contributed by atoms with van der Waals surface area (Å²) in [5.41, 5.74) is 4.55. The molecular formula is C26H16N2S2. The summed E-state index contributed by atoms with van der Waals surface area (Å²) in [6.45, 7) is 0. The molecule has 6 aromatic rings. The van der Waals surface area contributed by atoms with Crippen molar-refractivity contribution in [1.29, 1.82) is 0 Å². The summed E-state index contributed by atoms with van der Waals surface area (Å²) in [7, 11) is 0. The van der Waals surface area contributed by atoms with E-state index in [2.05, 4.69) is 82.8 Å². The zero-order chi connectivity index (χ0) is 19.9. The molecule has 0 spiro atoms. The minimum atomic E-state index is 1.03. The highest BCUT2D eigenvalue weighted by Crippen LogP contribution is 2.41. The number of fused-ring (bicyclic) bond motifs is 2. The van der Waals surface area contributed by atoms with E-state index < -0.39 is 0 Å². The Hall–Kier alpha value is -3.34. The fraction of sp³-hybridized carbons (Fsp3) is 0. The van der Waals surface area contributed by atoms with E-state index in [1.807, 2.05) is 47.2 Å². The normalized spacial score (nSPS) is 11.3. The molecule has 0 aliphatic carbocycles. The second-order valence-electron chi connectivity index (χ2n) is 7.15. The molecular weight excluding hydrogens is 404 g/mol. The number of benzene rings is 2. The van der Waals surface area contributed by atoms with Gasteiger partial charge in [-0.3, -0.25) is 9.97 Å². The first kappa shape index (κ1) is 17.5. The number of thiophene rings is 2. The monoisotopic (exact) mass is 420 g/mol. The molecule has 0 saturated carbocycles. The summed E-state index contributed by atoms with van der Waals surface area (Å²) in [5.74, 6) is 0. The van der Waals surface area contributed by atoms with Gasteiger partial charge in [0.15, 0.2) is 0 Å². The van der Waals surface area contributed by atoms with E-state index in [0.29, 0.717) is 0 Å². The first-order chi connectivity index (χ1) is 14.8. The molecule has 0 aliphatic rings. The van der Waals surface area contributed by atoms with Crippen LogP contribution in [0.1, 0.15) is 0 Å². The molecule has 0 atom stereocenters. The summed E-state index contributed by atoms with van der Waals surface area (Å²) >= 11 is 3.68. The van der Waals surface area contributed by atoms with Gasteiger partial charge in [0.1, 0.15) is 0 Å². The van der Waals surface area contributed by atoms with Crippen LogP contribution in [0.2, 0.25) is 0 Å². The van der Waals surface area contributed by atoms with Gasteiger partial charge in [-0.1, -0.05) is 24.3 Å². The van der Waals surface area contributed by atoms with E-state index in [0.717, 1.165) is 11.0 Å². The topological polar surface area (TPSA) is 25.8 Å². The Balaban J connectivity index is 1.33. The predicted molar refractivity (Wildman–Crippen MR) is 129 cm³/mol. The Kier molecular flexibility index (Phi) is 4.18. The number of hydrogen-bond acceptors (Lipinski definition) is 4. The molecule has 4 aromatic heterocycles. The fourth-order valence-corrected chi connectivity index (χ4v) is 5.80. The summed E-state index contributed by atoms with van der Waals surface area (Å²) < 4.78 is 0. The van der Waals surface area contributed by atoms with Crippen LogP contribution in [0.25, 0.3) is 52.4 Å². The van der Waals surface area contributed by atoms with Gasteiger partial charge in [-0.05, 0) is 71.8 Å². The van der Waals surface area contributed by atoms with Crippen LogP contribution in [0.4, 0.5) is 0 Å². The molecule has 6 rings (SSSR count). The first-order valence-electron chi connectivity index (χ1n) is 9.74. The highest BCUT2D eigenvalue weighted by Gasteiger charge is 2.10. The molecule has 0 unspecified atom stereocenters. The van der Waals surface area contributed by atoms with Crippen LogP contribution in [0.15, 0.2) is 97.3 Å². The SMILES string of the molecule is c1cnc2ccc(-c3ccc(-c4ccc(-c5ccc6ncccc6c5)s4)s3)cc2c1. The van der Waals surface area contributed by atoms with Gasteiger partial charge in [-0.2, -0.15) is 0 Å². The lowest BCUT2D eigenvalue weighted by Gasteiger charge is -2.01. The van der Waals surface area contributed by atoms with Crippen LogP contribution >= 0.6 is 22.7 Å². The van der Waals surface area contributed by atoms with Crippen molar-refractivity contribution >= 4 is 44.5 Å². The molecule has 0 amide bonds. The van der Waals surface area contributed by atoms with Crippen molar-refractivity contribution in [1.82, 2.24) is 9.97 Å². The second kappa shape index (κ2) is 7.17. The molecule has 2 aromatic carbocycles. The highest BCUT2D eigenvalue weighted by molar-refractivity contribution is 7.25. The average Bonchev–Trinajstić information content (AvgIpc) is 3.48. The first-order valence-corrected chi connectivity index (χ1v) is 11.4. The molecule has 0 N–H and O–H groups in total. The van der Waals surface area contributed by atoms with E-state index in [1.54, 1.807) is 0 Å². The standard InChI is InChI=1S/C26H16N2S2/c1-3-17-15-19(5-7-21(17)27-13-1)23-9-11-25(29-23)26-12-10-24(30-26)20-6-8-22-18(16-20)4-2-14-28-22/h1-16H. The van der Waals surface area contributed by atoms with Crippen LogP contribution < -0.4 is 0 Å². The third-order valence-electron chi connectivity index (χ3n) is 5.23. The molecule has 0 bridgehead atoms. The van der Waals surface area contributed by atoms with Gasteiger partial charge in [-0.15, -0.1) is 22.7 Å². The predicted octanol–water partition coefficient (Wildman–Crippen LogP) is 7.91.